The lowest BCUT2D eigenvalue weighted by atomic mass is 9.90. The monoisotopic (exact) mass is 563 g/mol. The number of ketones is 1. The Morgan fingerprint density at radius 3 is 2.56 bits per heavy atom. The van der Waals surface area contributed by atoms with Crippen LogP contribution in [-0.4, -0.2) is 62.5 Å². The first-order valence-electron chi connectivity index (χ1n) is 13.3. The van der Waals surface area contributed by atoms with Gasteiger partial charge in [0.25, 0.3) is 0 Å². The van der Waals surface area contributed by atoms with Gasteiger partial charge in [0.05, 0.1) is 23.7 Å². The molecule has 2 aromatic carbocycles. The van der Waals surface area contributed by atoms with Crippen LogP contribution < -0.4 is 0 Å². The van der Waals surface area contributed by atoms with E-state index in [4.69, 9.17) is 14.7 Å². The zero-order valence-corrected chi connectivity index (χ0v) is 22.8. The van der Waals surface area contributed by atoms with Gasteiger partial charge < -0.3 is 9.84 Å². The fourth-order valence-electron chi connectivity index (χ4n) is 5.08. The number of benzene rings is 2. The Bertz CT molecular complexity index is 1500. The fraction of sp³-hybridized carbons (Fsp3) is 0.333. The summed E-state index contributed by atoms with van der Waals surface area (Å²) < 4.78 is 34.6. The average molecular weight is 564 g/mol. The minimum atomic E-state index is -0.961. The van der Waals surface area contributed by atoms with Crippen LogP contribution in [0.2, 0.25) is 0 Å². The lowest BCUT2D eigenvalue weighted by Crippen LogP contribution is -2.24. The molecule has 9 nitrogen and oxygen atoms in total. The van der Waals surface area contributed by atoms with E-state index in [-0.39, 0.29) is 31.1 Å². The van der Waals surface area contributed by atoms with E-state index in [9.17, 15) is 18.7 Å². The lowest BCUT2D eigenvalue weighted by molar-refractivity contribution is -0.155. The van der Waals surface area contributed by atoms with E-state index in [2.05, 4.69) is 9.97 Å². The minimum absolute atomic E-state index is 0.0432. The van der Waals surface area contributed by atoms with Gasteiger partial charge in [0.1, 0.15) is 18.5 Å². The van der Waals surface area contributed by atoms with Gasteiger partial charge in [0.15, 0.2) is 17.5 Å². The Labute approximate surface area is 236 Å². The number of para-hydroxylation sites is 1. The Morgan fingerprint density at radius 1 is 1.12 bits per heavy atom. The molecule has 1 fully saturated rings. The molecule has 0 saturated carbocycles. The van der Waals surface area contributed by atoms with Crippen LogP contribution in [-0.2, 0) is 27.4 Å². The largest absolute Gasteiger partial charge is 0.388 e. The first-order chi connectivity index (χ1) is 19.9. The van der Waals surface area contributed by atoms with E-state index in [0.717, 1.165) is 29.1 Å². The van der Waals surface area contributed by atoms with Crippen LogP contribution in [0.1, 0.15) is 35.2 Å². The van der Waals surface area contributed by atoms with Gasteiger partial charge in [0, 0.05) is 56.9 Å². The van der Waals surface area contributed by atoms with Crippen LogP contribution in [0.3, 0.4) is 0 Å². The number of Topliss-reactive ketones (excluding diaryl/α,β-unsaturated/α-hetero) is 1. The molecular weight excluding hydrogens is 532 g/mol. The number of carbonyl (C=O) groups excluding carboxylic acids is 1. The van der Waals surface area contributed by atoms with Gasteiger partial charge in [-0.05, 0) is 42.3 Å². The van der Waals surface area contributed by atoms with Crippen LogP contribution in [0.5, 0.6) is 0 Å². The fourth-order valence-corrected chi connectivity index (χ4v) is 5.08. The highest BCUT2D eigenvalue weighted by Gasteiger charge is 2.37. The average Bonchev–Trinajstić information content (AvgIpc) is 3.54. The third-order valence-corrected chi connectivity index (χ3v) is 7.17. The molecule has 5 rings (SSSR count). The number of nitrogens with zero attached hydrogens (tertiary/aromatic N) is 5. The van der Waals surface area contributed by atoms with Crippen molar-refractivity contribution >= 4 is 5.78 Å². The molecule has 1 saturated heterocycles. The number of ether oxygens (including phenoxy) is 1. The zero-order valence-electron chi connectivity index (χ0n) is 22.8. The van der Waals surface area contributed by atoms with Gasteiger partial charge in [-0.3, -0.25) is 9.63 Å². The molecule has 2 aromatic heterocycles. The molecule has 0 aliphatic carbocycles. The van der Waals surface area contributed by atoms with E-state index in [1.165, 1.54) is 6.07 Å². The molecule has 0 radical (unpaired) electrons. The second kappa shape index (κ2) is 12.7. The number of hydrogen-bond donors (Lipinski definition) is 1. The second-order valence-corrected chi connectivity index (χ2v) is 9.97. The van der Waals surface area contributed by atoms with E-state index < -0.39 is 17.7 Å². The van der Waals surface area contributed by atoms with Gasteiger partial charge in [-0.1, -0.05) is 24.3 Å². The third kappa shape index (κ3) is 6.38. The molecule has 11 heteroatoms. The third-order valence-electron chi connectivity index (χ3n) is 7.17. The highest BCUT2D eigenvalue weighted by atomic mass is 19.2. The summed E-state index contributed by atoms with van der Waals surface area (Å²) in [5.41, 5.74) is 4.11. The quantitative estimate of drug-likeness (QED) is 0.290. The van der Waals surface area contributed by atoms with Gasteiger partial charge in [0.2, 0.25) is 0 Å². The van der Waals surface area contributed by atoms with Crippen LogP contribution in [0.25, 0.3) is 16.9 Å². The summed E-state index contributed by atoms with van der Waals surface area (Å²) in [4.78, 5) is 28.0. The maximum Gasteiger partial charge on any atom is 0.159 e. The number of methoxy groups -OCH3 is 1. The molecule has 1 aliphatic heterocycles. The molecule has 0 amide bonds. The number of aromatic nitrogens is 4. The topological polar surface area (TPSA) is 103 Å². The van der Waals surface area contributed by atoms with Crippen molar-refractivity contribution in [3.8, 4) is 16.9 Å². The van der Waals surface area contributed by atoms with Crippen LogP contribution in [0, 0.1) is 24.5 Å². The summed E-state index contributed by atoms with van der Waals surface area (Å²) in [6.45, 7) is 2.97. The molecule has 41 heavy (non-hydrogen) atoms. The molecule has 214 valence electrons. The maximum absolute atomic E-state index is 14.1. The van der Waals surface area contributed by atoms with Crippen LogP contribution in [0.15, 0.2) is 60.9 Å². The summed E-state index contributed by atoms with van der Waals surface area (Å²) in [7, 11) is 1.59. The van der Waals surface area contributed by atoms with Crippen LogP contribution >= 0.6 is 0 Å². The van der Waals surface area contributed by atoms with Crippen molar-refractivity contribution in [2.24, 2.45) is 5.92 Å². The molecule has 1 aliphatic rings. The van der Waals surface area contributed by atoms with Gasteiger partial charge >= 0.3 is 0 Å². The molecule has 4 aromatic rings. The zero-order chi connectivity index (χ0) is 28.9. The van der Waals surface area contributed by atoms with Gasteiger partial charge in [-0.15, -0.1) is 0 Å². The molecule has 0 bridgehead atoms. The predicted octanol–water partition coefficient (Wildman–Crippen LogP) is 4.16. The second-order valence-electron chi connectivity index (χ2n) is 9.97. The summed E-state index contributed by atoms with van der Waals surface area (Å²) in [6.07, 6.45) is 2.86. The van der Waals surface area contributed by atoms with E-state index in [1.54, 1.807) is 29.2 Å². The predicted molar refractivity (Wildman–Crippen MR) is 146 cm³/mol. The molecule has 0 unspecified atom stereocenters. The molecule has 1 N–H and O–H groups in total. The number of hydroxylamine groups is 2. The van der Waals surface area contributed by atoms with Crippen molar-refractivity contribution in [2.75, 3.05) is 26.8 Å². The molecular formula is C30H31F2N5O4. The van der Waals surface area contributed by atoms with Gasteiger partial charge in [-0.2, -0.15) is 10.2 Å². The van der Waals surface area contributed by atoms with E-state index >= 15 is 0 Å². The molecule has 0 spiro atoms. The lowest BCUT2D eigenvalue weighted by Gasteiger charge is -2.18. The van der Waals surface area contributed by atoms with Crippen LogP contribution in [0.4, 0.5) is 8.78 Å². The van der Waals surface area contributed by atoms with Crippen molar-refractivity contribution in [3.05, 3.63) is 95.2 Å². The SMILES string of the molecule is COCCN1C[C@@H](CC(=O)Cc2c(C)c(-c3cnc(CO)nc3)nn2-c2ccccc2)[C@H](c2ccc(F)c(F)c2)O1. The normalized spacial score (nSPS) is 17.3. The number of halogens is 2. The molecule has 2 atom stereocenters. The number of carbonyl (C=O) groups is 1. The minimum Gasteiger partial charge on any atom is -0.388 e. The Hall–Kier alpha value is -3.90. The summed E-state index contributed by atoms with van der Waals surface area (Å²) in [6, 6.07) is 13.2. The first-order valence-corrected chi connectivity index (χ1v) is 13.3. The highest BCUT2D eigenvalue weighted by molar-refractivity contribution is 5.82. The summed E-state index contributed by atoms with van der Waals surface area (Å²) >= 11 is 0. The van der Waals surface area contributed by atoms with Crippen molar-refractivity contribution in [2.45, 2.75) is 32.5 Å². The van der Waals surface area contributed by atoms with Crippen molar-refractivity contribution in [1.29, 1.82) is 0 Å². The highest BCUT2D eigenvalue weighted by Crippen LogP contribution is 2.37. The van der Waals surface area contributed by atoms with Crippen molar-refractivity contribution in [1.82, 2.24) is 24.8 Å². The number of hydrogen-bond acceptors (Lipinski definition) is 8. The number of aliphatic hydroxyl groups excluding tert-OH is 1. The van der Waals surface area contributed by atoms with Crippen molar-refractivity contribution in [3.63, 3.8) is 0 Å². The molecule has 3 heterocycles. The Morgan fingerprint density at radius 2 is 1.88 bits per heavy atom. The standard InChI is InChI=1S/C30H31F2N5O4/c1-19-27(37(23-6-4-3-5-7-23)35-29(19)22-15-33-28(18-38)34-16-22)14-24(39)12-21-17-36(10-11-40-2)41-30(21)20-8-9-25(31)26(32)13-20/h3-9,13,15-16,21,30,38H,10-12,14,17-18H2,1-2H3/t21-,30+/m1/s1. The van der Waals surface area contributed by atoms with E-state index in [0.29, 0.717) is 42.3 Å². The Kier molecular flexibility index (Phi) is 8.89. The first kappa shape index (κ1) is 28.6. The summed E-state index contributed by atoms with van der Waals surface area (Å²) in [5.74, 6) is -1.92. The smallest absolute Gasteiger partial charge is 0.159 e. The van der Waals surface area contributed by atoms with Gasteiger partial charge in [-0.25, -0.2) is 23.4 Å². The number of aliphatic hydroxyl groups is 1. The van der Waals surface area contributed by atoms with E-state index in [1.807, 2.05) is 37.3 Å². The summed E-state index contributed by atoms with van der Waals surface area (Å²) in [5, 5.41) is 15.8. The van der Waals surface area contributed by atoms with Crippen molar-refractivity contribution < 1.29 is 28.3 Å². The Balaban J connectivity index is 1.42. The maximum atomic E-state index is 14.1. The number of rotatable bonds is 11.